The minimum Gasteiger partial charge on any atom is -0.493 e. The van der Waals surface area contributed by atoms with Crippen LogP contribution in [0.25, 0.3) is 22.0 Å². The fourth-order valence-electron chi connectivity index (χ4n) is 4.17. The van der Waals surface area contributed by atoms with Crippen LogP contribution in [0.15, 0.2) is 48.7 Å². The summed E-state index contributed by atoms with van der Waals surface area (Å²) >= 11 is 0. The number of fused-ring (bicyclic) bond motifs is 1. The van der Waals surface area contributed by atoms with E-state index >= 15 is 0 Å². The predicted molar refractivity (Wildman–Crippen MR) is 112 cm³/mol. The van der Waals surface area contributed by atoms with Gasteiger partial charge in [-0.2, -0.15) is 0 Å². The van der Waals surface area contributed by atoms with E-state index in [2.05, 4.69) is 41.1 Å². The zero-order valence-electron chi connectivity index (χ0n) is 16.4. The number of aliphatic carboxylic acids is 1. The Bertz CT molecular complexity index is 983. The van der Waals surface area contributed by atoms with Crippen molar-refractivity contribution in [1.29, 1.82) is 0 Å². The van der Waals surface area contributed by atoms with Gasteiger partial charge in [0.1, 0.15) is 5.75 Å². The Morgan fingerprint density at radius 3 is 2.75 bits per heavy atom. The van der Waals surface area contributed by atoms with Crippen molar-refractivity contribution in [3.05, 3.63) is 54.2 Å². The number of aromatic nitrogens is 1. The van der Waals surface area contributed by atoms with Crippen LogP contribution in [0.4, 0.5) is 0 Å². The van der Waals surface area contributed by atoms with Crippen molar-refractivity contribution in [3.8, 4) is 16.9 Å². The van der Waals surface area contributed by atoms with Crippen LogP contribution in [0.1, 0.15) is 37.7 Å². The number of hydrogen-bond acceptors (Lipinski definition) is 2. The zero-order chi connectivity index (χ0) is 19.5. The molecule has 28 heavy (non-hydrogen) atoms. The Kier molecular flexibility index (Phi) is 5.38. The van der Waals surface area contributed by atoms with Crippen molar-refractivity contribution in [3.63, 3.8) is 0 Å². The Hall–Kier alpha value is -2.75. The van der Waals surface area contributed by atoms with E-state index in [4.69, 9.17) is 9.84 Å². The number of carboxylic acid groups (broad SMARTS) is 1. The number of ether oxygens (including phenoxy) is 1. The first-order valence-electron chi connectivity index (χ1n) is 10.1. The van der Waals surface area contributed by atoms with Gasteiger partial charge in [-0.15, -0.1) is 0 Å². The zero-order valence-corrected chi connectivity index (χ0v) is 16.4. The molecular formula is C24H27NO3. The molecule has 1 fully saturated rings. The van der Waals surface area contributed by atoms with Gasteiger partial charge < -0.3 is 14.4 Å². The molecule has 0 unspecified atom stereocenters. The lowest BCUT2D eigenvalue weighted by Crippen LogP contribution is -2.09. The summed E-state index contributed by atoms with van der Waals surface area (Å²) in [6, 6.07) is 14.7. The van der Waals surface area contributed by atoms with Gasteiger partial charge >= 0.3 is 5.97 Å². The third kappa shape index (κ3) is 4.06. The lowest BCUT2D eigenvalue weighted by molar-refractivity contribution is -0.136. The second-order valence-corrected chi connectivity index (χ2v) is 7.89. The van der Waals surface area contributed by atoms with Gasteiger partial charge in [0.25, 0.3) is 0 Å². The molecule has 0 spiro atoms. The van der Waals surface area contributed by atoms with Crippen LogP contribution in [-0.4, -0.2) is 22.2 Å². The Morgan fingerprint density at radius 1 is 1.14 bits per heavy atom. The standard InChI is InChI=1S/C24H27NO3/c1-25-13-12-20-15-19(8-9-22(20)25)21-14-17(7-11-24(26)27)6-10-23(21)28-16-18-4-2-3-5-18/h6,8-10,12-15,18H,2-5,7,11,16H2,1H3,(H,26,27). The van der Waals surface area contributed by atoms with Crippen LogP contribution in [-0.2, 0) is 18.3 Å². The smallest absolute Gasteiger partial charge is 0.303 e. The van der Waals surface area contributed by atoms with Crippen molar-refractivity contribution < 1.29 is 14.6 Å². The Morgan fingerprint density at radius 2 is 1.96 bits per heavy atom. The minimum atomic E-state index is -0.770. The van der Waals surface area contributed by atoms with E-state index in [1.807, 2.05) is 19.2 Å². The van der Waals surface area contributed by atoms with E-state index in [0.717, 1.165) is 29.0 Å². The highest BCUT2D eigenvalue weighted by Crippen LogP contribution is 2.35. The summed E-state index contributed by atoms with van der Waals surface area (Å²) in [5.74, 6) is 0.770. The van der Waals surface area contributed by atoms with Crippen molar-refractivity contribution in [1.82, 2.24) is 4.57 Å². The van der Waals surface area contributed by atoms with Crippen LogP contribution in [0.3, 0.4) is 0 Å². The Labute approximate surface area is 165 Å². The van der Waals surface area contributed by atoms with Gasteiger partial charge in [-0.05, 0) is 66.6 Å². The van der Waals surface area contributed by atoms with E-state index < -0.39 is 5.97 Å². The average Bonchev–Trinajstić information content (AvgIpc) is 3.35. The van der Waals surface area contributed by atoms with E-state index in [1.165, 1.54) is 36.6 Å². The van der Waals surface area contributed by atoms with Crippen molar-refractivity contribution in [2.75, 3.05) is 6.61 Å². The number of nitrogens with zero attached hydrogens (tertiary/aromatic N) is 1. The fraction of sp³-hybridized carbons (Fsp3) is 0.375. The molecule has 0 saturated heterocycles. The second kappa shape index (κ2) is 8.09. The number of hydrogen-bond donors (Lipinski definition) is 1. The fourth-order valence-corrected chi connectivity index (χ4v) is 4.17. The maximum atomic E-state index is 11.0. The molecule has 0 atom stereocenters. The third-order valence-corrected chi connectivity index (χ3v) is 5.82. The first-order valence-corrected chi connectivity index (χ1v) is 10.1. The minimum absolute atomic E-state index is 0.138. The number of aryl methyl sites for hydroxylation is 2. The monoisotopic (exact) mass is 377 g/mol. The van der Waals surface area contributed by atoms with Gasteiger partial charge in [-0.1, -0.05) is 25.0 Å². The van der Waals surface area contributed by atoms with Crippen molar-refractivity contribution >= 4 is 16.9 Å². The summed E-state index contributed by atoms with van der Waals surface area (Å²) in [5, 5.41) is 10.2. The molecule has 0 aliphatic heterocycles. The quantitative estimate of drug-likeness (QED) is 0.597. The predicted octanol–water partition coefficient (Wildman–Crippen LogP) is 5.43. The molecule has 146 valence electrons. The van der Waals surface area contributed by atoms with Gasteiger partial charge in [0.15, 0.2) is 0 Å². The van der Waals surface area contributed by atoms with Crippen LogP contribution < -0.4 is 4.74 Å². The first kappa shape index (κ1) is 18.6. The maximum Gasteiger partial charge on any atom is 0.303 e. The molecule has 1 aliphatic rings. The van der Waals surface area contributed by atoms with Gasteiger partial charge in [0.05, 0.1) is 6.61 Å². The van der Waals surface area contributed by atoms with Crippen LogP contribution >= 0.6 is 0 Å². The SMILES string of the molecule is Cn1ccc2cc(-c3cc(CCC(=O)O)ccc3OCC3CCCC3)ccc21. The van der Waals surface area contributed by atoms with E-state index in [-0.39, 0.29) is 6.42 Å². The molecular weight excluding hydrogens is 350 g/mol. The average molecular weight is 377 g/mol. The number of carbonyl (C=O) groups is 1. The summed E-state index contributed by atoms with van der Waals surface area (Å²) in [7, 11) is 2.05. The highest BCUT2D eigenvalue weighted by molar-refractivity contribution is 5.87. The molecule has 3 aromatic rings. The lowest BCUT2D eigenvalue weighted by atomic mass is 9.98. The topological polar surface area (TPSA) is 51.5 Å². The number of benzene rings is 2. The first-order chi connectivity index (χ1) is 13.6. The second-order valence-electron chi connectivity index (χ2n) is 7.89. The molecule has 1 saturated carbocycles. The highest BCUT2D eigenvalue weighted by Gasteiger charge is 2.17. The number of rotatable bonds is 7. The molecule has 1 aliphatic carbocycles. The molecule has 4 nitrogen and oxygen atoms in total. The van der Waals surface area contributed by atoms with Gasteiger partial charge in [0.2, 0.25) is 0 Å². The van der Waals surface area contributed by atoms with Gasteiger partial charge in [-0.3, -0.25) is 4.79 Å². The molecule has 0 amide bonds. The largest absolute Gasteiger partial charge is 0.493 e. The highest BCUT2D eigenvalue weighted by atomic mass is 16.5. The molecule has 4 rings (SSSR count). The summed E-state index contributed by atoms with van der Waals surface area (Å²) in [5.41, 5.74) is 4.38. The molecule has 1 aromatic heterocycles. The summed E-state index contributed by atoms with van der Waals surface area (Å²) in [4.78, 5) is 11.0. The molecule has 1 N–H and O–H groups in total. The van der Waals surface area contributed by atoms with E-state index in [0.29, 0.717) is 12.3 Å². The van der Waals surface area contributed by atoms with Gasteiger partial charge in [0, 0.05) is 36.1 Å². The van der Waals surface area contributed by atoms with Gasteiger partial charge in [-0.25, -0.2) is 0 Å². The molecule has 0 radical (unpaired) electrons. The van der Waals surface area contributed by atoms with Crippen LogP contribution in [0.2, 0.25) is 0 Å². The third-order valence-electron chi connectivity index (χ3n) is 5.82. The molecule has 2 aromatic carbocycles. The normalized spacial score (nSPS) is 14.6. The van der Waals surface area contributed by atoms with E-state index in [1.54, 1.807) is 0 Å². The molecule has 0 bridgehead atoms. The van der Waals surface area contributed by atoms with E-state index in [9.17, 15) is 4.79 Å². The molecule has 4 heteroatoms. The summed E-state index contributed by atoms with van der Waals surface area (Å²) in [6.45, 7) is 0.759. The lowest BCUT2D eigenvalue weighted by Gasteiger charge is -2.16. The van der Waals surface area contributed by atoms with Crippen molar-refractivity contribution in [2.24, 2.45) is 13.0 Å². The van der Waals surface area contributed by atoms with Crippen molar-refractivity contribution in [2.45, 2.75) is 38.5 Å². The molecule has 1 heterocycles. The van der Waals surface area contributed by atoms with Crippen LogP contribution in [0, 0.1) is 5.92 Å². The number of carboxylic acids is 1. The maximum absolute atomic E-state index is 11.0. The summed E-state index contributed by atoms with van der Waals surface area (Å²) < 4.78 is 8.36. The van der Waals surface area contributed by atoms with Crippen LogP contribution in [0.5, 0.6) is 5.75 Å². The Balaban J connectivity index is 1.66. The summed E-state index contributed by atoms with van der Waals surface area (Å²) in [6.07, 6.45) is 7.84.